The fourth-order valence-corrected chi connectivity index (χ4v) is 4.39. The average molecular weight is 397 g/mol. The maximum atomic E-state index is 13.0. The van der Waals surface area contributed by atoms with E-state index in [1.807, 2.05) is 36.4 Å². The highest BCUT2D eigenvalue weighted by Crippen LogP contribution is 2.38. The fraction of sp³-hybridized carbons (Fsp3) is 0.143. The number of halogens is 1. The minimum absolute atomic E-state index is 0.140. The van der Waals surface area contributed by atoms with Crippen LogP contribution in [0.3, 0.4) is 0 Å². The van der Waals surface area contributed by atoms with Crippen molar-refractivity contribution in [3.8, 4) is 28.3 Å². The number of aromatic nitrogens is 2. The van der Waals surface area contributed by atoms with Gasteiger partial charge in [-0.25, -0.2) is 4.98 Å². The summed E-state index contributed by atoms with van der Waals surface area (Å²) in [4.78, 5) is 22.5. The summed E-state index contributed by atoms with van der Waals surface area (Å²) >= 11 is 7.52. The molecule has 136 valence electrons. The molecule has 0 unspecified atom stereocenters. The number of nitrogens with zero attached hydrogens (tertiary/aromatic N) is 1. The first-order valence-electron chi connectivity index (χ1n) is 8.56. The molecular formula is C21H17ClN2O2S. The van der Waals surface area contributed by atoms with E-state index >= 15 is 0 Å². The molecule has 0 fully saturated rings. The predicted octanol–water partition coefficient (Wildman–Crippen LogP) is 5.54. The number of nitrogens with one attached hydrogen (secondary N) is 1. The smallest absolute Gasteiger partial charge is 0.260 e. The SMILES string of the molecule is CCc1sc2nc(-c3ccc(Cl)cc3)[nH]c(=O)c2c1-c1cccc(OC)c1. The standard InChI is InChI=1S/C21H17ClN2O2S/c1-3-16-17(13-5-4-6-15(11-13)26-2)18-20(25)23-19(24-21(18)27-16)12-7-9-14(22)10-8-12/h4-11H,3H2,1-2H3,(H,23,24,25). The molecule has 0 aliphatic rings. The van der Waals surface area contributed by atoms with E-state index in [4.69, 9.17) is 21.3 Å². The van der Waals surface area contributed by atoms with Crippen molar-refractivity contribution in [1.29, 1.82) is 0 Å². The van der Waals surface area contributed by atoms with E-state index in [1.54, 1.807) is 30.6 Å². The summed E-state index contributed by atoms with van der Waals surface area (Å²) in [7, 11) is 1.64. The van der Waals surface area contributed by atoms with Gasteiger partial charge >= 0.3 is 0 Å². The van der Waals surface area contributed by atoms with Gasteiger partial charge in [-0.1, -0.05) is 30.7 Å². The Morgan fingerprint density at radius 2 is 1.93 bits per heavy atom. The highest BCUT2D eigenvalue weighted by molar-refractivity contribution is 7.19. The van der Waals surface area contributed by atoms with Crippen molar-refractivity contribution in [3.05, 3.63) is 68.8 Å². The molecule has 0 bridgehead atoms. The van der Waals surface area contributed by atoms with Crippen LogP contribution < -0.4 is 10.3 Å². The summed E-state index contributed by atoms with van der Waals surface area (Å²) in [5.41, 5.74) is 2.59. The molecule has 0 saturated carbocycles. The van der Waals surface area contributed by atoms with Crippen LogP contribution in [0.15, 0.2) is 53.3 Å². The van der Waals surface area contributed by atoms with Crippen LogP contribution in [-0.4, -0.2) is 17.1 Å². The highest BCUT2D eigenvalue weighted by atomic mass is 35.5. The molecule has 2 aromatic carbocycles. The molecule has 0 aliphatic heterocycles. The summed E-state index contributed by atoms with van der Waals surface area (Å²) in [6.45, 7) is 2.09. The van der Waals surface area contributed by atoms with Crippen molar-refractivity contribution in [1.82, 2.24) is 9.97 Å². The van der Waals surface area contributed by atoms with Gasteiger partial charge < -0.3 is 9.72 Å². The zero-order chi connectivity index (χ0) is 19.0. The van der Waals surface area contributed by atoms with Crippen molar-refractivity contribution in [2.45, 2.75) is 13.3 Å². The Hall–Kier alpha value is -2.63. The number of ether oxygens (including phenoxy) is 1. The zero-order valence-corrected chi connectivity index (χ0v) is 16.4. The number of hydrogen-bond acceptors (Lipinski definition) is 4. The largest absolute Gasteiger partial charge is 0.497 e. The molecule has 0 spiro atoms. The lowest BCUT2D eigenvalue weighted by molar-refractivity contribution is 0.415. The van der Waals surface area contributed by atoms with Crippen molar-refractivity contribution < 1.29 is 4.74 Å². The molecule has 0 radical (unpaired) electrons. The van der Waals surface area contributed by atoms with Crippen molar-refractivity contribution in [3.63, 3.8) is 0 Å². The van der Waals surface area contributed by atoms with Crippen molar-refractivity contribution >= 4 is 33.2 Å². The second-order valence-electron chi connectivity index (χ2n) is 6.09. The van der Waals surface area contributed by atoms with E-state index in [1.165, 1.54) is 0 Å². The Morgan fingerprint density at radius 3 is 2.63 bits per heavy atom. The minimum Gasteiger partial charge on any atom is -0.497 e. The lowest BCUT2D eigenvalue weighted by Gasteiger charge is -2.06. The minimum atomic E-state index is -0.140. The van der Waals surface area contributed by atoms with Gasteiger partial charge in [0.2, 0.25) is 0 Å². The third-order valence-electron chi connectivity index (χ3n) is 4.43. The number of fused-ring (bicyclic) bond motifs is 1. The number of aryl methyl sites for hydroxylation is 1. The third-order valence-corrected chi connectivity index (χ3v) is 5.91. The number of aromatic amines is 1. The van der Waals surface area contributed by atoms with Gasteiger partial charge in [0.15, 0.2) is 0 Å². The molecule has 2 heterocycles. The summed E-state index contributed by atoms with van der Waals surface area (Å²) in [6, 6.07) is 15.0. The lowest BCUT2D eigenvalue weighted by Crippen LogP contribution is -2.09. The second kappa shape index (κ2) is 7.18. The van der Waals surface area contributed by atoms with Gasteiger partial charge in [0.25, 0.3) is 5.56 Å². The Labute approximate surface area is 165 Å². The van der Waals surface area contributed by atoms with Crippen molar-refractivity contribution in [2.75, 3.05) is 7.11 Å². The third kappa shape index (κ3) is 3.24. The number of H-pyrrole nitrogens is 1. The summed E-state index contributed by atoms with van der Waals surface area (Å²) in [5.74, 6) is 1.31. The molecule has 0 aliphatic carbocycles. The molecule has 1 N–H and O–H groups in total. The van der Waals surface area contributed by atoms with Gasteiger partial charge in [0, 0.05) is 21.0 Å². The quantitative estimate of drug-likeness (QED) is 0.492. The second-order valence-corrected chi connectivity index (χ2v) is 7.61. The molecule has 4 rings (SSSR count). The molecule has 0 amide bonds. The van der Waals surface area contributed by atoms with Gasteiger partial charge in [-0.05, 0) is 48.4 Å². The van der Waals surface area contributed by atoms with Gasteiger partial charge in [-0.2, -0.15) is 0 Å². The number of benzene rings is 2. The predicted molar refractivity (Wildman–Crippen MR) is 112 cm³/mol. The average Bonchev–Trinajstić information content (AvgIpc) is 3.08. The lowest BCUT2D eigenvalue weighted by atomic mass is 10.0. The van der Waals surface area contributed by atoms with Crippen LogP contribution in [0.25, 0.3) is 32.7 Å². The van der Waals surface area contributed by atoms with E-state index in [0.29, 0.717) is 16.2 Å². The van der Waals surface area contributed by atoms with Crippen LogP contribution in [0.5, 0.6) is 5.75 Å². The fourth-order valence-electron chi connectivity index (χ4n) is 3.13. The Kier molecular flexibility index (Phi) is 4.72. The summed E-state index contributed by atoms with van der Waals surface area (Å²) in [6.07, 6.45) is 0.823. The first kappa shape index (κ1) is 17.8. The zero-order valence-electron chi connectivity index (χ0n) is 14.9. The van der Waals surface area contributed by atoms with E-state index in [9.17, 15) is 4.79 Å². The van der Waals surface area contributed by atoms with E-state index in [0.717, 1.165) is 38.6 Å². The molecule has 6 heteroatoms. The Balaban J connectivity index is 1.95. The van der Waals surface area contributed by atoms with Crippen molar-refractivity contribution in [2.24, 2.45) is 0 Å². The van der Waals surface area contributed by atoms with E-state index < -0.39 is 0 Å². The number of methoxy groups -OCH3 is 1. The van der Waals surface area contributed by atoms with E-state index in [-0.39, 0.29) is 5.56 Å². The number of hydrogen-bond donors (Lipinski definition) is 1. The van der Waals surface area contributed by atoms with Gasteiger partial charge in [-0.3, -0.25) is 4.79 Å². The van der Waals surface area contributed by atoms with Crippen LogP contribution in [0.4, 0.5) is 0 Å². The monoisotopic (exact) mass is 396 g/mol. The highest BCUT2D eigenvalue weighted by Gasteiger charge is 2.18. The Morgan fingerprint density at radius 1 is 1.15 bits per heavy atom. The van der Waals surface area contributed by atoms with Gasteiger partial charge in [0.1, 0.15) is 16.4 Å². The summed E-state index contributed by atoms with van der Waals surface area (Å²) in [5, 5.41) is 1.27. The maximum Gasteiger partial charge on any atom is 0.260 e. The molecule has 0 saturated heterocycles. The maximum absolute atomic E-state index is 13.0. The molecular weight excluding hydrogens is 380 g/mol. The van der Waals surface area contributed by atoms with E-state index in [2.05, 4.69) is 11.9 Å². The van der Waals surface area contributed by atoms with Crippen LogP contribution in [0.1, 0.15) is 11.8 Å². The molecule has 4 aromatic rings. The first-order chi connectivity index (χ1) is 13.1. The number of rotatable bonds is 4. The normalized spacial score (nSPS) is 11.1. The number of thiophene rings is 1. The summed E-state index contributed by atoms with van der Waals surface area (Å²) < 4.78 is 5.35. The molecule has 4 nitrogen and oxygen atoms in total. The Bertz CT molecular complexity index is 1180. The molecule has 0 atom stereocenters. The topological polar surface area (TPSA) is 55.0 Å². The molecule has 2 aromatic heterocycles. The molecule has 27 heavy (non-hydrogen) atoms. The first-order valence-corrected chi connectivity index (χ1v) is 9.76. The van der Waals surface area contributed by atoms with Crippen LogP contribution in [0, 0.1) is 0 Å². The van der Waals surface area contributed by atoms with Gasteiger partial charge in [0.05, 0.1) is 12.5 Å². The van der Waals surface area contributed by atoms with Gasteiger partial charge in [-0.15, -0.1) is 11.3 Å². The van der Waals surface area contributed by atoms with Crippen LogP contribution >= 0.6 is 22.9 Å². The van der Waals surface area contributed by atoms with Crippen LogP contribution in [-0.2, 0) is 6.42 Å². The van der Waals surface area contributed by atoms with Crippen LogP contribution in [0.2, 0.25) is 5.02 Å².